The van der Waals surface area contributed by atoms with E-state index in [0.29, 0.717) is 22.8 Å². The van der Waals surface area contributed by atoms with Gasteiger partial charge in [-0.25, -0.2) is 0 Å². The fraction of sp³-hybridized carbons (Fsp3) is 0.0526. The summed E-state index contributed by atoms with van der Waals surface area (Å²) >= 11 is 0. The zero-order valence-electron chi connectivity index (χ0n) is 13.9. The van der Waals surface area contributed by atoms with Crippen LogP contribution in [0.3, 0.4) is 0 Å². The molecular formula is C19H15N5O2. The molecule has 7 heteroatoms. The van der Waals surface area contributed by atoms with Crippen molar-refractivity contribution in [3.05, 3.63) is 71.9 Å². The van der Waals surface area contributed by atoms with Crippen molar-refractivity contribution >= 4 is 23.1 Å². The van der Waals surface area contributed by atoms with Crippen LogP contribution >= 0.6 is 0 Å². The van der Waals surface area contributed by atoms with Crippen molar-refractivity contribution in [1.82, 2.24) is 10.2 Å². The fourth-order valence-corrected chi connectivity index (χ4v) is 2.23. The summed E-state index contributed by atoms with van der Waals surface area (Å²) in [4.78, 5) is 12.3. The molecule has 0 radical (unpaired) electrons. The van der Waals surface area contributed by atoms with Crippen molar-refractivity contribution in [2.75, 3.05) is 17.7 Å². The van der Waals surface area contributed by atoms with E-state index < -0.39 is 0 Å². The fourth-order valence-electron chi connectivity index (χ4n) is 2.23. The Labute approximate surface area is 150 Å². The lowest BCUT2D eigenvalue weighted by Crippen LogP contribution is -2.15. The quantitative estimate of drug-likeness (QED) is 0.735. The lowest BCUT2D eigenvalue weighted by molar-refractivity contribution is 0.102. The molecule has 1 aromatic heterocycles. The number of nitrogens with one attached hydrogen (secondary N) is 2. The average molecular weight is 345 g/mol. The number of hydrogen-bond acceptors (Lipinski definition) is 6. The summed E-state index contributed by atoms with van der Waals surface area (Å²) in [6.07, 6.45) is 0. The van der Waals surface area contributed by atoms with Gasteiger partial charge in [0.05, 0.1) is 24.4 Å². The maximum atomic E-state index is 12.3. The molecule has 2 N–H and O–H groups in total. The van der Waals surface area contributed by atoms with E-state index in [1.54, 1.807) is 54.6 Å². The summed E-state index contributed by atoms with van der Waals surface area (Å²) in [6, 6.07) is 19.3. The number of nitrogens with zero attached hydrogens (tertiary/aromatic N) is 3. The summed E-state index contributed by atoms with van der Waals surface area (Å²) in [5.41, 5.74) is 2.08. The van der Waals surface area contributed by atoms with Gasteiger partial charge in [-0.3, -0.25) is 4.79 Å². The van der Waals surface area contributed by atoms with Crippen LogP contribution in [0.1, 0.15) is 16.1 Å². The van der Waals surface area contributed by atoms with Crippen molar-refractivity contribution in [3.63, 3.8) is 0 Å². The summed E-state index contributed by atoms with van der Waals surface area (Å²) in [5, 5.41) is 22.5. The van der Waals surface area contributed by atoms with Gasteiger partial charge in [0.15, 0.2) is 11.5 Å². The second kappa shape index (κ2) is 7.77. The second-order valence-corrected chi connectivity index (χ2v) is 5.27. The standard InChI is InChI=1S/C19H15N5O2/c1-26-17-5-3-2-4-15(17)22-19(25)16-10-11-18(24-23-16)21-14-8-6-13(12-20)7-9-14/h2-11H,1H3,(H,21,24)(H,22,25). The lowest BCUT2D eigenvalue weighted by Gasteiger charge is -2.09. The highest BCUT2D eigenvalue weighted by Crippen LogP contribution is 2.23. The van der Waals surface area contributed by atoms with Gasteiger partial charge < -0.3 is 15.4 Å². The molecule has 128 valence electrons. The molecule has 0 aliphatic carbocycles. The highest BCUT2D eigenvalue weighted by atomic mass is 16.5. The van der Waals surface area contributed by atoms with Gasteiger partial charge in [-0.15, -0.1) is 10.2 Å². The van der Waals surface area contributed by atoms with E-state index in [2.05, 4.69) is 26.9 Å². The van der Waals surface area contributed by atoms with Crippen LogP contribution in [-0.4, -0.2) is 23.2 Å². The Hall–Kier alpha value is -3.92. The predicted molar refractivity (Wildman–Crippen MR) is 97.4 cm³/mol. The molecule has 2 aromatic carbocycles. The molecule has 7 nitrogen and oxygen atoms in total. The first kappa shape index (κ1) is 16.9. The number of benzene rings is 2. The van der Waals surface area contributed by atoms with Gasteiger partial charge in [0.2, 0.25) is 0 Å². The third kappa shape index (κ3) is 3.94. The molecule has 1 amide bonds. The minimum atomic E-state index is -0.382. The number of rotatable bonds is 5. The molecular weight excluding hydrogens is 330 g/mol. The van der Waals surface area contributed by atoms with Gasteiger partial charge in [-0.05, 0) is 48.5 Å². The van der Waals surface area contributed by atoms with Crippen LogP contribution in [0.5, 0.6) is 5.75 Å². The number of para-hydroxylation sites is 2. The Morgan fingerprint density at radius 3 is 2.46 bits per heavy atom. The van der Waals surface area contributed by atoms with Crippen LogP contribution in [0, 0.1) is 11.3 Å². The number of ether oxygens (including phenoxy) is 1. The minimum Gasteiger partial charge on any atom is -0.495 e. The first-order valence-corrected chi connectivity index (χ1v) is 7.75. The second-order valence-electron chi connectivity index (χ2n) is 5.27. The number of methoxy groups -OCH3 is 1. The van der Waals surface area contributed by atoms with E-state index in [-0.39, 0.29) is 11.6 Å². The number of carbonyl (C=O) groups excluding carboxylic acids is 1. The SMILES string of the molecule is COc1ccccc1NC(=O)c1ccc(Nc2ccc(C#N)cc2)nn1. The van der Waals surface area contributed by atoms with E-state index in [1.165, 1.54) is 7.11 Å². The summed E-state index contributed by atoms with van der Waals surface area (Å²) in [7, 11) is 1.54. The molecule has 0 aliphatic rings. The molecule has 1 heterocycles. The highest BCUT2D eigenvalue weighted by Gasteiger charge is 2.11. The summed E-state index contributed by atoms with van der Waals surface area (Å²) < 4.78 is 5.20. The van der Waals surface area contributed by atoms with Crippen LogP contribution in [0.2, 0.25) is 0 Å². The average Bonchev–Trinajstić information content (AvgIpc) is 2.69. The minimum absolute atomic E-state index is 0.182. The van der Waals surface area contributed by atoms with Gasteiger partial charge in [-0.2, -0.15) is 5.26 Å². The molecule has 0 saturated carbocycles. The third-order valence-corrected chi connectivity index (χ3v) is 3.54. The van der Waals surface area contributed by atoms with Crippen molar-refractivity contribution in [2.45, 2.75) is 0 Å². The first-order valence-electron chi connectivity index (χ1n) is 7.75. The zero-order chi connectivity index (χ0) is 18.4. The Morgan fingerprint density at radius 2 is 1.81 bits per heavy atom. The monoisotopic (exact) mass is 345 g/mol. The third-order valence-electron chi connectivity index (χ3n) is 3.54. The molecule has 0 unspecified atom stereocenters. The highest BCUT2D eigenvalue weighted by molar-refractivity contribution is 6.03. The molecule has 0 fully saturated rings. The molecule has 0 spiro atoms. The topological polar surface area (TPSA) is 99.9 Å². The van der Waals surface area contributed by atoms with Gasteiger partial charge >= 0.3 is 0 Å². The maximum Gasteiger partial charge on any atom is 0.276 e. The molecule has 0 aliphatic heterocycles. The Morgan fingerprint density at radius 1 is 1.04 bits per heavy atom. The Balaban J connectivity index is 1.68. The number of nitriles is 1. The van der Waals surface area contributed by atoms with E-state index in [0.717, 1.165) is 5.69 Å². The van der Waals surface area contributed by atoms with Crippen molar-refractivity contribution in [1.29, 1.82) is 5.26 Å². The molecule has 3 aromatic rings. The van der Waals surface area contributed by atoms with E-state index in [9.17, 15) is 4.79 Å². The van der Waals surface area contributed by atoms with Crippen molar-refractivity contribution < 1.29 is 9.53 Å². The molecule has 0 saturated heterocycles. The normalized spacial score (nSPS) is 9.85. The van der Waals surface area contributed by atoms with Gasteiger partial charge in [0.25, 0.3) is 5.91 Å². The van der Waals surface area contributed by atoms with Crippen LogP contribution in [-0.2, 0) is 0 Å². The van der Waals surface area contributed by atoms with Crippen LogP contribution in [0.4, 0.5) is 17.2 Å². The number of aromatic nitrogens is 2. The summed E-state index contributed by atoms with van der Waals surface area (Å²) in [5.74, 6) is 0.670. The molecule has 0 bridgehead atoms. The number of amides is 1. The largest absolute Gasteiger partial charge is 0.495 e. The van der Waals surface area contributed by atoms with Crippen LogP contribution in [0.25, 0.3) is 0 Å². The van der Waals surface area contributed by atoms with E-state index >= 15 is 0 Å². The molecule has 0 atom stereocenters. The van der Waals surface area contributed by atoms with E-state index in [4.69, 9.17) is 10.00 Å². The zero-order valence-corrected chi connectivity index (χ0v) is 13.9. The Kier molecular flexibility index (Phi) is 5.05. The van der Waals surface area contributed by atoms with Crippen molar-refractivity contribution in [2.24, 2.45) is 0 Å². The van der Waals surface area contributed by atoms with E-state index in [1.807, 2.05) is 6.07 Å². The van der Waals surface area contributed by atoms with Gasteiger partial charge in [0, 0.05) is 5.69 Å². The summed E-state index contributed by atoms with van der Waals surface area (Å²) in [6.45, 7) is 0. The molecule has 26 heavy (non-hydrogen) atoms. The number of anilines is 3. The van der Waals surface area contributed by atoms with Gasteiger partial charge in [-0.1, -0.05) is 12.1 Å². The smallest absolute Gasteiger partial charge is 0.276 e. The van der Waals surface area contributed by atoms with Crippen molar-refractivity contribution in [3.8, 4) is 11.8 Å². The predicted octanol–water partition coefficient (Wildman–Crippen LogP) is 3.35. The Bertz CT molecular complexity index is 947. The lowest BCUT2D eigenvalue weighted by atomic mass is 10.2. The van der Waals surface area contributed by atoms with Crippen LogP contribution < -0.4 is 15.4 Å². The molecule has 3 rings (SSSR count). The van der Waals surface area contributed by atoms with Crippen LogP contribution in [0.15, 0.2) is 60.7 Å². The maximum absolute atomic E-state index is 12.3. The van der Waals surface area contributed by atoms with Gasteiger partial charge in [0.1, 0.15) is 5.75 Å². The number of carbonyl (C=O) groups is 1. The number of hydrogen-bond donors (Lipinski definition) is 2. The first-order chi connectivity index (χ1) is 12.7.